The van der Waals surface area contributed by atoms with Crippen molar-refractivity contribution in [3.63, 3.8) is 0 Å². The van der Waals surface area contributed by atoms with Crippen molar-refractivity contribution in [2.75, 3.05) is 0 Å². The molecule has 2 heterocycles. The molecule has 0 saturated heterocycles. The van der Waals surface area contributed by atoms with Crippen LogP contribution in [0.25, 0.3) is 66.1 Å². The maximum atomic E-state index is 14.3. The summed E-state index contributed by atoms with van der Waals surface area (Å²) in [7, 11) is 0. The van der Waals surface area contributed by atoms with Crippen LogP contribution in [-0.2, 0) is 27.8 Å². The number of halogens is 3. The Kier molecular flexibility index (Phi) is 9.52. The Morgan fingerprint density at radius 1 is 0.426 bits per heavy atom. The molecule has 0 bridgehead atoms. The second-order valence-electron chi connectivity index (χ2n) is 21.1. The van der Waals surface area contributed by atoms with Gasteiger partial charge in [0.2, 0.25) is 0 Å². The van der Waals surface area contributed by atoms with Gasteiger partial charge in [-0.15, -0.1) is 0 Å². The van der Waals surface area contributed by atoms with E-state index < -0.39 is 11.7 Å². The lowest BCUT2D eigenvalue weighted by molar-refractivity contribution is -0.137. The van der Waals surface area contributed by atoms with Crippen molar-refractivity contribution in [2.45, 2.75) is 118 Å². The number of benzene rings is 6. The molecule has 0 aliphatic heterocycles. The quantitative estimate of drug-likeness (QED) is 0.175. The fourth-order valence-corrected chi connectivity index (χ4v) is 8.86. The molecule has 3 nitrogen and oxygen atoms in total. The van der Waals surface area contributed by atoms with E-state index in [1.807, 2.05) is 12.1 Å². The zero-order valence-electron chi connectivity index (χ0n) is 37.8. The molecule has 0 aliphatic rings. The van der Waals surface area contributed by atoms with Gasteiger partial charge in [0.05, 0.1) is 50.6 Å². The predicted octanol–water partition coefficient (Wildman–Crippen LogP) is 15.9. The number of aromatic nitrogens is 2. The third-order valence-corrected chi connectivity index (χ3v) is 12.5. The van der Waals surface area contributed by atoms with Crippen LogP contribution >= 0.6 is 0 Å². The molecule has 0 fully saturated rings. The molecule has 0 saturated carbocycles. The SMILES string of the molecule is Cc1cc(C(F)(F)F)ccc1-c1c(-n2c3ccc(C(C)(C)C)cc3c3cc(C(C)(C)C)ccc32)cc(C#N)cc1-n1c2ccc(C(C)(C)C)cc2c2cc(C(C)(C)C)ccc21. The Morgan fingerprint density at radius 3 is 1.00 bits per heavy atom. The first-order chi connectivity index (χ1) is 28.3. The van der Waals surface area contributed by atoms with Crippen molar-refractivity contribution in [1.82, 2.24) is 9.13 Å². The van der Waals surface area contributed by atoms with E-state index in [1.54, 1.807) is 13.0 Å². The van der Waals surface area contributed by atoms with Crippen LogP contribution in [0.3, 0.4) is 0 Å². The summed E-state index contributed by atoms with van der Waals surface area (Å²) in [4.78, 5) is 0. The van der Waals surface area contributed by atoms with Crippen molar-refractivity contribution in [2.24, 2.45) is 0 Å². The maximum absolute atomic E-state index is 14.3. The van der Waals surface area contributed by atoms with Gasteiger partial charge in [0, 0.05) is 27.1 Å². The van der Waals surface area contributed by atoms with E-state index in [1.165, 1.54) is 34.4 Å². The first-order valence-corrected chi connectivity index (χ1v) is 21.2. The molecule has 61 heavy (non-hydrogen) atoms. The average Bonchev–Trinajstić information content (AvgIpc) is 3.67. The van der Waals surface area contributed by atoms with E-state index in [9.17, 15) is 18.4 Å². The van der Waals surface area contributed by atoms with Crippen LogP contribution in [0.5, 0.6) is 0 Å². The predicted molar refractivity (Wildman–Crippen MR) is 250 cm³/mol. The van der Waals surface area contributed by atoms with E-state index in [4.69, 9.17) is 0 Å². The van der Waals surface area contributed by atoms with Crippen molar-refractivity contribution >= 4 is 43.6 Å². The molecule has 2 aromatic heterocycles. The molecule has 0 unspecified atom stereocenters. The summed E-state index contributed by atoms with van der Waals surface area (Å²) in [5.74, 6) is 0. The zero-order chi connectivity index (χ0) is 44.4. The summed E-state index contributed by atoms with van der Waals surface area (Å²) >= 11 is 0. The molecule has 0 aliphatic carbocycles. The monoisotopic (exact) mass is 815 g/mol. The smallest absolute Gasteiger partial charge is 0.308 e. The van der Waals surface area contributed by atoms with E-state index >= 15 is 0 Å². The van der Waals surface area contributed by atoms with E-state index in [0.29, 0.717) is 16.7 Å². The molecule has 0 spiro atoms. The lowest BCUT2D eigenvalue weighted by atomic mass is 9.85. The Labute approximate surface area is 358 Å². The van der Waals surface area contributed by atoms with Crippen LogP contribution < -0.4 is 0 Å². The average molecular weight is 816 g/mol. The van der Waals surface area contributed by atoms with Crippen LogP contribution in [0.15, 0.2) is 103 Å². The van der Waals surface area contributed by atoms with Crippen molar-refractivity contribution in [3.05, 3.63) is 142 Å². The summed E-state index contributed by atoms with van der Waals surface area (Å²) in [5, 5.41) is 15.2. The van der Waals surface area contributed by atoms with Crippen molar-refractivity contribution in [3.8, 4) is 28.6 Å². The largest absolute Gasteiger partial charge is 0.416 e. The van der Waals surface area contributed by atoms with E-state index in [2.05, 4.69) is 171 Å². The molecule has 6 heteroatoms. The molecule has 312 valence electrons. The third kappa shape index (κ3) is 7.20. The minimum Gasteiger partial charge on any atom is -0.308 e. The van der Waals surface area contributed by atoms with Gasteiger partial charge >= 0.3 is 6.18 Å². The van der Waals surface area contributed by atoms with Crippen LogP contribution in [0.2, 0.25) is 0 Å². The molecule has 8 aromatic rings. The van der Waals surface area contributed by atoms with Gasteiger partial charge in [-0.05, 0) is 135 Å². The first kappa shape index (κ1) is 41.9. The highest BCUT2D eigenvalue weighted by molar-refractivity contribution is 6.12. The molecule has 0 atom stereocenters. The van der Waals surface area contributed by atoms with Crippen LogP contribution in [0.1, 0.15) is 122 Å². The number of alkyl halides is 3. The molecular formula is C55H56F3N3. The minimum absolute atomic E-state index is 0.114. The molecule has 6 aromatic carbocycles. The topological polar surface area (TPSA) is 33.6 Å². The summed E-state index contributed by atoms with van der Waals surface area (Å²) in [6.45, 7) is 28.3. The Hall–Kier alpha value is -5.80. The molecule has 0 N–H and O–H groups in total. The summed E-state index contributed by atoms with van der Waals surface area (Å²) < 4.78 is 47.4. The summed E-state index contributed by atoms with van der Waals surface area (Å²) in [5.41, 5.74) is 11.2. The second kappa shape index (κ2) is 13.9. The normalized spacial score (nSPS) is 13.2. The van der Waals surface area contributed by atoms with Crippen LogP contribution in [0, 0.1) is 18.3 Å². The highest BCUT2D eigenvalue weighted by Gasteiger charge is 2.32. The lowest BCUT2D eigenvalue weighted by Crippen LogP contribution is -2.11. The standard InChI is InChI=1S/C55H56F3N3/c1-32-24-38(55(56,57)58)14-19-39(32)50-48(60-44-20-15-34(51(2,3)4)27-40(44)41-28-35(52(5,6)7)16-21-45(41)60)25-33(31-59)26-49(50)61-46-22-17-36(53(8,9)10)29-42(46)43-30-37(54(11,12)13)18-23-47(43)61/h14-30H,1-13H3. The molecule has 8 rings (SSSR count). The maximum Gasteiger partial charge on any atom is 0.416 e. The number of nitrogens with zero attached hydrogens (tertiary/aromatic N) is 3. The van der Waals surface area contributed by atoms with Gasteiger partial charge in [0.25, 0.3) is 0 Å². The van der Waals surface area contributed by atoms with E-state index in [-0.39, 0.29) is 21.7 Å². The van der Waals surface area contributed by atoms with Gasteiger partial charge in [0.15, 0.2) is 0 Å². The second-order valence-corrected chi connectivity index (χ2v) is 21.1. The minimum atomic E-state index is -4.51. The first-order valence-electron chi connectivity index (χ1n) is 21.2. The Morgan fingerprint density at radius 2 is 0.738 bits per heavy atom. The van der Waals surface area contributed by atoms with Gasteiger partial charge in [0.1, 0.15) is 0 Å². The highest BCUT2D eigenvalue weighted by atomic mass is 19.4. The lowest BCUT2D eigenvalue weighted by Gasteiger charge is -2.23. The number of fused-ring (bicyclic) bond motifs is 6. The zero-order valence-corrected chi connectivity index (χ0v) is 37.8. The molecule has 0 amide bonds. The molecule has 0 radical (unpaired) electrons. The highest BCUT2D eigenvalue weighted by Crippen LogP contribution is 2.46. The number of rotatable bonds is 3. The Bertz CT molecular complexity index is 2800. The van der Waals surface area contributed by atoms with Gasteiger partial charge < -0.3 is 9.13 Å². The van der Waals surface area contributed by atoms with Gasteiger partial charge in [-0.25, -0.2) is 0 Å². The van der Waals surface area contributed by atoms with Gasteiger partial charge in [-0.2, -0.15) is 18.4 Å². The molecular weight excluding hydrogens is 760 g/mol. The van der Waals surface area contributed by atoms with Gasteiger partial charge in [-0.3, -0.25) is 0 Å². The number of hydrogen-bond acceptors (Lipinski definition) is 1. The third-order valence-electron chi connectivity index (χ3n) is 12.5. The fourth-order valence-electron chi connectivity index (χ4n) is 8.86. The summed E-state index contributed by atoms with van der Waals surface area (Å²) in [6.07, 6.45) is -4.51. The Balaban J connectivity index is 1.59. The van der Waals surface area contributed by atoms with Gasteiger partial charge in [-0.1, -0.05) is 113 Å². The van der Waals surface area contributed by atoms with Crippen molar-refractivity contribution < 1.29 is 13.2 Å². The number of nitriles is 1. The summed E-state index contributed by atoms with van der Waals surface area (Å²) in [6, 6.07) is 36.8. The van der Waals surface area contributed by atoms with Crippen LogP contribution in [-0.4, -0.2) is 9.13 Å². The number of hydrogen-bond donors (Lipinski definition) is 0. The van der Waals surface area contributed by atoms with E-state index in [0.717, 1.165) is 60.5 Å². The van der Waals surface area contributed by atoms with Crippen LogP contribution in [0.4, 0.5) is 13.2 Å². The fraction of sp³-hybridized carbons (Fsp3) is 0.327. The van der Waals surface area contributed by atoms with Crippen molar-refractivity contribution in [1.29, 1.82) is 5.26 Å². The number of aryl methyl sites for hydroxylation is 1.